The second-order valence-corrected chi connectivity index (χ2v) is 9.08. The van der Waals surface area contributed by atoms with Gasteiger partial charge in [0.15, 0.2) is 0 Å². The van der Waals surface area contributed by atoms with Gasteiger partial charge in [-0.3, -0.25) is 29.3 Å². The van der Waals surface area contributed by atoms with Crippen LogP contribution in [0.15, 0.2) is 84.9 Å². The van der Waals surface area contributed by atoms with E-state index in [0.717, 1.165) is 10.5 Å². The number of non-ortho nitro benzene ring substituents is 1. The molecule has 1 spiro atoms. The van der Waals surface area contributed by atoms with Crippen LogP contribution in [0.1, 0.15) is 26.3 Å². The highest BCUT2D eigenvalue weighted by molar-refractivity contribution is 6.37. The second kappa shape index (κ2) is 8.14. The Morgan fingerprint density at radius 3 is 2.00 bits per heavy atom. The van der Waals surface area contributed by atoms with E-state index in [1.165, 1.54) is 36.4 Å². The van der Waals surface area contributed by atoms with Crippen molar-refractivity contribution < 1.29 is 28.8 Å². The number of nitro groups is 1. The van der Waals surface area contributed by atoms with Crippen molar-refractivity contribution in [2.75, 3.05) is 4.90 Å². The molecule has 2 saturated heterocycles. The standard InChI is InChI=1S/C28H18N2O7/c31-24-19-8-4-5-9-20(19)25(32)28(24)23-22(21(37-28)15-10-16-6-2-1-3-7-16)26(33)29(27(23)34)17-11-13-18(14-12-17)30(35)36/h1-15,21-23H/b15-10+. The molecule has 3 aromatic carbocycles. The van der Waals surface area contributed by atoms with Crippen LogP contribution in [0.25, 0.3) is 6.08 Å². The van der Waals surface area contributed by atoms with Gasteiger partial charge >= 0.3 is 0 Å². The fourth-order valence-electron chi connectivity index (χ4n) is 5.49. The molecule has 0 aromatic heterocycles. The lowest BCUT2D eigenvalue weighted by Gasteiger charge is -2.26. The minimum Gasteiger partial charge on any atom is -0.350 e. The number of carbonyl (C=O) groups is 4. The number of carbonyl (C=O) groups excluding carboxylic acids is 4. The summed E-state index contributed by atoms with van der Waals surface area (Å²) in [7, 11) is 0. The SMILES string of the molecule is O=C1C2C(/C=C/c3ccccc3)OC3(C(=O)c4ccccc4C3=O)C2C(=O)N1c1ccc([N+](=O)[O-])cc1. The van der Waals surface area contributed by atoms with E-state index < -0.39 is 51.8 Å². The Kier molecular flexibility index (Phi) is 4.99. The number of ether oxygens (including phenoxy) is 1. The molecule has 3 unspecified atom stereocenters. The molecule has 6 rings (SSSR count). The van der Waals surface area contributed by atoms with Crippen molar-refractivity contribution >= 4 is 40.8 Å². The lowest BCUT2D eigenvalue weighted by atomic mass is 9.78. The lowest BCUT2D eigenvalue weighted by molar-refractivity contribution is -0.384. The van der Waals surface area contributed by atoms with Gasteiger partial charge in [-0.1, -0.05) is 66.7 Å². The minimum absolute atomic E-state index is 0.117. The molecular weight excluding hydrogens is 476 g/mol. The fraction of sp³-hybridized carbons (Fsp3) is 0.143. The number of Topliss-reactive ketones (excluding diaryl/α,β-unsaturated/α-hetero) is 2. The normalized spacial score (nSPS) is 23.8. The van der Waals surface area contributed by atoms with Gasteiger partial charge < -0.3 is 4.74 Å². The summed E-state index contributed by atoms with van der Waals surface area (Å²) in [6, 6.07) is 20.4. The van der Waals surface area contributed by atoms with Gasteiger partial charge in [0, 0.05) is 23.3 Å². The van der Waals surface area contributed by atoms with E-state index in [1.807, 2.05) is 30.3 Å². The van der Waals surface area contributed by atoms with E-state index in [4.69, 9.17) is 4.74 Å². The number of hydrogen-bond acceptors (Lipinski definition) is 7. The van der Waals surface area contributed by atoms with Gasteiger partial charge in [0.2, 0.25) is 29.0 Å². The number of nitro benzene ring substituents is 1. The Balaban J connectivity index is 1.46. The first-order valence-corrected chi connectivity index (χ1v) is 11.6. The monoisotopic (exact) mass is 494 g/mol. The molecule has 9 nitrogen and oxygen atoms in total. The first-order valence-electron chi connectivity index (χ1n) is 11.6. The first kappa shape index (κ1) is 22.7. The third-order valence-corrected chi connectivity index (χ3v) is 7.15. The van der Waals surface area contributed by atoms with E-state index in [2.05, 4.69) is 0 Å². The van der Waals surface area contributed by atoms with Crippen molar-refractivity contribution in [1.82, 2.24) is 0 Å². The molecule has 2 heterocycles. The topological polar surface area (TPSA) is 124 Å². The maximum absolute atomic E-state index is 13.8. The van der Waals surface area contributed by atoms with E-state index >= 15 is 0 Å². The number of anilines is 1. The van der Waals surface area contributed by atoms with Gasteiger partial charge in [0.05, 0.1) is 28.6 Å². The van der Waals surface area contributed by atoms with Gasteiger partial charge in [0.1, 0.15) is 0 Å². The lowest BCUT2D eigenvalue weighted by Crippen LogP contribution is -2.51. The average Bonchev–Trinajstić information content (AvgIpc) is 3.47. The zero-order chi connectivity index (χ0) is 25.9. The van der Waals surface area contributed by atoms with Crippen LogP contribution in [0, 0.1) is 22.0 Å². The summed E-state index contributed by atoms with van der Waals surface area (Å²) >= 11 is 0. The molecular formula is C28H18N2O7. The number of ketones is 2. The third kappa shape index (κ3) is 3.14. The summed E-state index contributed by atoms with van der Waals surface area (Å²) in [6.07, 6.45) is 2.27. The summed E-state index contributed by atoms with van der Waals surface area (Å²) in [5.41, 5.74) is -1.15. The van der Waals surface area contributed by atoms with Gasteiger partial charge in [-0.05, 0) is 17.7 Å². The first-order chi connectivity index (χ1) is 17.8. The molecule has 9 heteroatoms. The minimum atomic E-state index is -2.16. The molecule has 2 aliphatic heterocycles. The van der Waals surface area contributed by atoms with Crippen LogP contribution < -0.4 is 4.90 Å². The van der Waals surface area contributed by atoms with Crippen molar-refractivity contribution in [3.8, 4) is 0 Å². The molecule has 2 amide bonds. The van der Waals surface area contributed by atoms with Gasteiger partial charge in [0.25, 0.3) is 5.69 Å². The number of rotatable bonds is 4. The van der Waals surface area contributed by atoms with E-state index in [0.29, 0.717) is 0 Å². The number of nitrogens with zero attached hydrogens (tertiary/aromatic N) is 2. The number of benzene rings is 3. The van der Waals surface area contributed by atoms with Crippen LogP contribution >= 0.6 is 0 Å². The van der Waals surface area contributed by atoms with Crippen LogP contribution in [0.3, 0.4) is 0 Å². The van der Waals surface area contributed by atoms with E-state index in [1.54, 1.807) is 24.3 Å². The molecule has 0 radical (unpaired) electrons. The Hall–Kier alpha value is -4.76. The van der Waals surface area contributed by atoms with Crippen molar-refractivity contribution in [2.45, 2.75) is 11.7 Å². The van der Waals surface area contributed by atoms with Crippen LogP contribution in [0.2, 0.25) is 0 Å². The van der Waals surface area contributed by atoms with E-state index in [9.17, 15) is 29.3 Å². The molecule has 1 aliphatic carbocycles. The van der Waals surface area contributed by atoms with E-state index in [-0.39, 0.29) is 22.5 Å². The van der Waals surface area contributed by atoms with Crippen LogP contribution in [0.5, 0.6) is 0 Å². The highest BCUT2D eigenvalue weighted by Gasteiger charge is 2.74. The Bertz CT molecular complexity index is 1490. The molecule has 2 fully saturated rings. The molecule has 0 bridgehead atoms. The fourth-order valence-corrected chi connectivity index (χ4v) is 5.49. The average molecular weight is 494 g/mol. The molecule has 0 saturated carbocycles. The maximum Gasteiger partial charge on any atom is 0.269 e. The summed E-state index contributed by atoms with van der Waals surface area (Å²) in [5, 5.41) is 11.1. The quantitative estimate of drug-likeness (QED) is 0.235. The van der Waals surface area contributed by atoms with Crippen LogP contribution in [-0.4, -0.2) is 40.0 Å². The molecule has 3 aliphatic rings. The van der Waals surface area contributed by atoms with Crippen LogP contribution in [-0.2, 0) is 14.3 Å². The molecule has 0 N–H and O–H groups in total. The van der Waals surface area contributed by atoms with Crippen molar-refractivity contribution in [1.29, 1.82) is 0 Å². The Morgan fingerprint density at radius 1 is 0.811 bits per heavy atom. The third-order valence-electron chi connectivity index (χ3n) is 7.15. The molecule has 3 atom stereocenters. The number of amides is 2. The summed E-state index contributed by atoms with van der Waals surface area (Å²) in [4.78, 5) is 66.2. The smallest absolute Gasteiger partial charge is 0.269 e. The number of imide groups is 1. The predicted octanol–water partition coefficient (Wildman–Crippen LogP) is 3.63. The largest absolute Gasteiger partial charge is 0.350 e. The Labute approximate surface area is 210 Å². The van der Waals surface area contributed by atoms with Gasteiger partial charge in [-0.2, -0.15) is 0 Å². The number of hydrogen-bond donors (Lipinski definition) is 0. The van der Waals surface area contributed by atoms with Crippen molar-refractivity contribution in [2.24, 2.45) is 11.8 Å². The molecule has 182 valence electrons. The summed E-state index contributed by atoms with van der Waals surface area (Å²) < 4.78 is 6.14. The maximum atomic E-state index is 13.8. The Morgan fingerprint density at radius 2 is 1.41 bits per heavy atom. The molecule has 37 heavy (non-hydrogen) atoms. The highest BCUT2D eigenvalue weighted by atomic mass is 16.6. The van der Waals surface area contributed by atoms with Crippen molar-refractivity contribution in [3.63, 3.8) is 0 Å². The highest BCUT2D eigenvalue weighted by Crippen LogP contribution is 2.53. The molecule has 3 aromatic rings. The predicted molar refractivity (Wildman–Crippen MR) is 131 cm³/mol. The van der Waals surface area contributed by atoms with Gasteiger partial charge in [-0.25, -0.2) is 4.90 Å². The zero-order valence-electron chi connectivity index (χ0n) is 19.1. The van der Waals surface area contributed by atoms with Gasteiger partial charge in [-0.15, -0.1) is 0 Å². The summed E-state index contributed by atoms with van der Waals surface area (Å²) in [6.45, 7) is 0. The van der Waals surface area contributed by atoms with Crippen molar-refractivity contribution in [3.05, 3.63) is 112 Å². The van der Waals surface area contributed by atoms with Crippen LogP contribution in [0.4, 0.5) is 11.4 Å². The zero-order valence-corrected chi connectivity index (χ0v) is 19.1. The number of fused-ring (bicyclic) bond motifs is 3. The summed E-state index contributed by atoms with van der Waals surface area (Å²) in [5.74, 6) is -5.21. The second-order valence-electron chi connectivity index (χ2n) is 9.08.